The lowest BCUT2D eigenvalue weighted by Gasteiger charge is -2.24. The lowest BCUT2D eigenvalue weighted by Crippen LogP contribution is -2.41. The number of benzene rings is 1. The van der Waals surface area contributed by atoms with E-state index in [1.54, 1.807) is 26.0 Å². The molecular formula is C19H26N2O4S2. The highest BCUT2D eigenvalue weighted by atomic mass is 32.2. The van der Waals surface area contributed by atoms with Crippen LogP contribution in [0.4, 0.5) is 5.69 Å². The first-order chi connectivity index (χ1) is 12.8. The number of fused-ring (bicyclic) bond motifs is 1. The van der Waals surface area contributed by atoms with Crippen molar-refractivity contribution in [2.45, 2.75) is 67.0 Å². The second kappa shape index (κ2) is 8.22. The fourth-order valence-corrected chi connectivity index (χ4v) is 5.98. The maximum absolute atomic E-state index is 12.8. The molecule has 2 aliphatic rings. The van der Waals surface area contributed by atoms with Crippen LogP contribution < -0.4 is 10.6 Å². The molecule has 0 spiro atoms. The lowest BCUT2D eigenvalue weighted by atomic mass is 9.95. The van der Waals surface area contributed by atoms with Crippen molar-refractivity contribution in [1.29, 1.82) is 0 Å². The Morgan fingerprint density at radius 3 is 2.70 bits per heavy atom. The summed E-state index contributed by atoms with van der Waals surface area (Å²) in [5.74, 6) is -1.22. The third-order valence-electron chi connectivity index (χ3n) is 5.11. The molecule has 0 aromatic heterocycles. The lowest BCUT2D eigenvalue weighted by molar-refractivity contribution is -0.124. The minimum Gasteiger partial charge on any atom is -0.353 e. The average Bonchev–Trinajstić information content (AvgIpc) is 2.62. The molecule has 1 aromatic carbocycles. The first-order valence-corrected chi connectivity index (χ1v) is 11.9. The molecule has 6 nitrogen and oxygen atoms in total. The number of hydrogen-bond acceptors (Lipinski definition) is 5. The molecule has 1 aliphatic heterocycles. The molecule has 1 aliphatic carbocycles. The summed E-state index contributed by atoms with van der Waals surface area (Å²) >= 11 is 1.41. The minimum absolute atomic E-state index is 0.133. The van der Waals surface area contributed by atoms with Crippen molar-refractivity contribution in [1.82, 2.24) is 5.32 Å². The average molecular weight is 411 g/mol. The van der Waals surface area contributed by atoms with Crippen molar-refractivity contribution in [3.05, 3.63) is 18.2 Å². The zero-order chi connectivity index (χ0) is 19.6. The summed E-state index contributed by atoms with van der Waals surface area (Å²) in [6.07, 6.45) is 5.34. The SMILES string of the molecule is C[C@H](CS(=O)(=O)c1ccc2c(c1)NC(=O)[C@H](C)S2)C(=O)NC1CCCCC1. The van der Waals surface area contributed by atoms with E-state index in [1.807, 2.05) is 0 Å². The van der Waals surface area contributed by atoms with E-state index in [4.69, 9.17) is 0 Å². The number of anilines is 1. The highest BCUT2D eigenvalue weighted by molar-refractivity contribution is 8.01. The fourth-order valence-electron chi connectivity index (χ4n) is 3.47. The molecule has 0 bridgehead atoms. The van der Waals surface area contributed by atoms with Gasteiger partial charge in [-0.15, -0.1) is 11.8 Å². The monoisotopic (exact) mass is 410 g/mol. The number of carbonyl (C=O) groups is 2. The van der Waals surface area contributed by atoms with Crippen LogP contribution in [0, 0.1) is 5.92 Å². The number of hydrogen-bond donors (Lipinski definition) is 2. The highest BCUT2D eigenvalue weighted by Crippen LogP contribution is 2.37. The van der Waals surface area contributed by atoms with Gasteiger partial charge in [0.2, 0.25) is 11.8 Å². The van der Waals surface area contributed by atoms with E-state index in [0.29, 0.717) is 5.69 Å². The Bertz CT molecular complexity index is 832. The predicted molar refractivity (Wildman–Crippen MR) is 107 cm³/mol. The van der Waals surface area contributed by atoms with Gasteiger partial charge in [-0.1, -0.05) is 26.2 Å². The van der Waals surface area contributed by atoms with Crippen LogP contribution in [0.2, 0.25) is 0 Å². The van der Waals surface area contributed by atoms with E-state index in [1.165, 1.54) is 24.2 Å². The number of sulfone groups is 1. The fraction of sp³-hybridized carbons (Fsp3) is 0.579. The van der Waals surface area contributed by atoms with Gasteiger partial charge in [0.15, 0.2) is 9.84 Å². The van der Waals surface area contributed by atoms with Crippen LogP contribution in [0.5, 0.6) is 0 Å². The molecule has 2 atom stereocenters. The van der Waals surface area contributed by atoms with Gasteiger partial charge in [0.05, 0.1) is 21.6 Å². The Kier molecular flexibility index (Phi) is 6.15. The minimum atomic E-state index is -3.63. The van der Waals surface area contributed by atoms with Gasteiger partial charge in [0.25, 0.3) is 0 Å². The molecule has 1 saturated carbocycles. The van der Waals surface area contributed by atoms with Gasteiger partial charge in [-0.2, -0.15) is 0 Å². The zero-order valence-electron chi connectivity index (χ0n) is 15.7. The van der Waals surface area contributed by atoms with E-state index in [-0.39, 0.29) is 33.8 Å². The molecule has 1 aromatic rings. The molecule has 8 heteroatoms. The Morgan fingerprint density at radius 2 is 2.00 bits per heavy atom. The standard InChI is InChI=1S/C19H26N2O4S2/c1-12(18(22)20-14-6-4-3-5-7-14)11-27(24,25)15-8-9-17-16(10-15)21-19(23)13(2)26-17/h8-10,12-14H,3-7,11H2,1-2H3,(H,20,22)(H,21,23)/t12-,13+/m1/s1. The van der Waals surface area contributed by atoms with Crippen molar-refractivity contribution in [2.75, 3.05) is 11.1 Å². The van der Waals surface area contributed by atoms with E-state index < -0.39 is 15.8 Å². The van der Waals surface area contributed by atoms with E-state index in [2.05, 4.69) is 10.6 Å². The predicted octanol–water partition coefficient (Wildman–Crippen LogP) is 2.98. The maximum Gasteiger partial charge on any atom is 0.237 e. The summed E-state index contributed by atoms with van der Waals surface area (Å²) in [7, 11) is -3.63. The van der Waals surface area contributed by atoms with Crippen molar-refractivity contribution in [3.63, 3.8) is 0 Å². The summed E-state index contributed by atoms with van der Waals surface area (Å²) < 4.78 is 25.5. The number of thioether (sulfide) groups is 1. The van der Waals surface area contributed by atoms with Gasteiger partial charge in [-0.25, -0.2) is 8.42 Å². The Morgan fingerprint density at radius 1 is 1.30 bits per heavy atom. The van der Waals surface area contributed by atoms with E-state index >= 15 is 0 Å². The van der Waals surface area contributed by atoms with E-state index in [9.17, 15) is 18.0 Å². The van der Waals surface area contributed by atoms with Crippen molar-refractivity contribution in [3.8, 4) is 0 Å². The summed E-state index contributed by atoms with van der Waals surface area (Å²) in [6, 6.07) is 4.93. The third-order valence-corrected chi connectivity index (χ3v) is 8.20. The highest BCUT2D eigenvalue weighted by Gasteiger charge is 2.28. The molecule has 3 rings (SSSR count). The molecular weight excluding hydrogens is 384 g/mol. The zero-order valence-corrected chi connectivity index (χ0v) is 17.3. The molecule has 0 unspecified atom stereocenters. The first-order valence-electron chi connectivity index (χ1n) is 9.41. The van der Waals surface area contributed by atoms with Gasteiger partial charge < -0.3 is 10.6 Å². The Hall–Kier alpha value is -1.54. The van der Waals surface area contributed by atoms with Crippen LogP contribution in [0.1, 0.15) is 46.0 Å². The summed E-state index contributed by atoms with van der Waals surface area (Å²) in [4.78, 5) is 25.2. The van der Waals surface area contributed by atoms with Crippen molar-refractivity contribution >= 4 is 39.1 Å². The van der Waals surface area contributed by atoms with Crippen LogP contribution in [-0.2, 0) is 19.4 Å². The van der Waals surface area contributed by atoms with Crippen LogP contribution in [0.25, 0.3) is 0 Å². The molecule has 1 heterocycles. The van der Waals surface area contributed by atoms with Crippen molar-refractivity contribution in [2.24, 2.45) is 5.92 Å². The molecule has 0 saturated heterocycles. The summed E-state index contributed by atoms with van der Waals surface area (Å²) in [5, 5.41) is 5.53. The Balaban J connectivity index is 1.68. The van der Waals surface area contributed by atoms with Crippen molar-refractivity contribution < 1.29 is 18.0 Å². The van der Waals surface area contributed by atoms with Crippen LogP contribution >= 0.6 is 11.8 Å². The van der Waals surface area contributed by atoms with Crippen LogP contribution in [-0.4, -0.2) is 37.3 Å². The molecule has 1 fully saturated rings. The first kappa shape index (κ1) is 20.2. The smallest absolute Gasteiger partial charge is 0.237 e. The number of carbonyl (C=O) groups excluding carboxylic acids is 2. The summed E-state index contributed by atoms with van der Waals surface area (Å²) in [6.45, 7) is 3.45. The van der Waals surface area contributed by atoms with Gasteiger partial charge in [0, 0.05) is 16.9 Å². The second-order valence-electron chi connectivity index (χ2n) is 7.43. The largest absolute Gasteiger partial charge is 0.353 e. The number of rotatable bonds is 5. The normalized spacial score (nSPS) is 21.9. The maximum atomic E-state index is 12.8. The van der Waals surface area contributed by atoms with Gasteiger partial charge in [0.1, 0.15) is 0 Å². The quantitative estimate of drug-likeness (QED) is 0.779. The van der Waals surface area contributed by atoms with Crippen LogP contribution in [0.15, 0.2) is 28.0 Å². The second-order valence-corrected chi connectivity index (χ2v) is 10.9. The van der Waals surface area contributed by atoms with Gasteiger partial charge in [-0.05, 0) is 38.0 Å². The molecule has 2 N–H and O–H groups in total. The number of nitrogens with one attached hydrogen (secondary N) is 2. The molecule has 2 amide bonds. The van der Waals surface area contributed by atoms with E-state index in [0.717, 1.165) is 30.6 Å². The summed E-state index contributed by atoms with van der Waals surface area (Å²) in [5.41, 5.74) is 0.517. The molecule has 0 radical (unpaired) electrons. The van der Waals surface area contributed by atoms with Gasteiger partial charge in [-0.3, -0.25) is 9.59 Å². The molecule has 148 valence electrons. The molecule has 27 heavy (non-hydrogen) atoms. The van der Waals surface area contributed by atoms with Crippen LogP contribution in [0.3, 0.4) is 0 Å². The van der Waals surface area contributed by atoms with Gasteiger partial charge >= 0.3 is 0 Å². The Labute approximate surface area is 164 Å². The third kappa shape index (κ3) is 4.85. The topological polar surface area (TPSA) is 92.3 Å². The number of amides is 2.